The summed E-state index contributed by atoms with van der Waals surface area (Å²) in [6.07, 6.45) is 1.75. The Morgan fingerprint density at radius 2 is 1.79 bits per heavy atom. The number of unbranched alkanes of at least 4 members (excludes halogenated alkanes) is 1. The van der Waals surface area contributed by atoms with Crippen molar-refractivity contribution in [1.82, 2.24) is 10.0 Å². The number of sulfonamides is 1. The topological polar surface area (TPSA) is 75.3 Å². The molecule has 5 nitrogen and oxygen atoms in total. The van der Waals surface area contributed by atoms with Gasteiger partial charge < -0.3 is 5.32 Å². The quantitative estimate of drug-likeness (QED) is 0.636. The van der Waals surface area contributed by atoms with E-state index in [1.807, 2.05) is 18.6 Å². The van der Waals surface area contributed by atoms with Gasteiger partial charge in [-0.15, -0.1) is 0 Å². The first kappa shape index (κ1) is 18.1. The minimum absolute atomic E-state index is 0. The summed E-state index contributed by atoms with van der Waals surface area (Å²) >= 11 is 0. The van der Waals surface area contributed by atoms with E-state index in [1.54, 1.807) is 12.1 Å². The molecule has 7 heteroatoms. The van der Waals surface area contributed by atoms with Crippen LogP contribution in [0.3, 0.4) is 0 Å². The average Bonchev–Trinajstić information content (AvgIpc) is 2.29. The third kappa shape index (κ3) is 6.16. The predicted molar refractivity (Wildman–Crippen MR) is 69.8 cm³/mol. The SMILES string of the molecule is CCCCNC(=O)NS(=O)(=O)c1ccc(C)cc1.[Zn+2]. The fourth-order valence-corrected chi connectivity index (χ4v) is 2.24. The maximum atomic E-state index is 11.8. The maximum Gasteiger partial charge on any atom is 2.00 e. The normalized spacial score (nSPS) is 10.4. The minimum atomic E-state index is -3.78. The molecule has 0 unspecified atom stereocenters. The number of hydrogen-bond acceptors (Lipinski definition) is 3. The van der Waals surface area contributed by atoms with Gasteiger partial charge >= 0.3 is 25.5 Å². The first-order valence-electron chi connectivity index (χ1n) is 5.83. The van der Waals surface area contributed by atoms with E-state index in [2.05, 4.69) is 5.32 Å². The van der Waals surface area contributed by atoms with Crippen molar-refractivity contribution in [1.29, 1.82) is 0 Å². The van der Waals surface area contributed by atoms with Gasteiger partial charge in [-0.2, -0.15) is 0 Å². The molecule has 0 aliphatic heterocycles. The molecular formula is C12H18N2O3SZn+2. The summed E-state index contributed by atoms with van der Waals surface area (Å²) in [7, 11) is -3.78. The molecule has 0 atom stereocenters. The van der Waals surface area contributed by atoms with Crippen molar-refractivity contribution in [2.24, 2.45) is 0 Å². The van der Waals surface area contributed by atoms with E-state index in [-0.39, 0.29) is 24.4 Å². The number of rotatable bonds is 5. The zero-order valence-corrected chi connectivity index (χ0v) is 15.1. The minimum Gasteiger partial charge on any atom is -0.337 e. The van der Waals surface area contributed by atoms with Gasteiger partial charge in [0, 0.05) is 6.54 Å². The Morgan fingerprint density at radius 3 is 2.32 bits per heavy atom. The monoisotopic (exact) mass is 334 g/mol. The van der Waals surface area contributed by atoms with Crippen LogP contribution in [0.1, 0.15) is 25.3 Å². The second-order valence-corrected chi connectivity index (χ2v) is 5.71. The number of carbonyl (C=O) groups is 1. The molecule has 0 aliphatic carbocycles. The fourth-order valence-electron chi connectivity index (χ4n) is 1.31. The summed E-state index contributed by atoms with van der Waals surface area (Å²) in [4.78, 5) is 11.5. The molecule has 100 valence electrons. The second-order valence-electron chi connectivity index (χ2n) is 4.03. The average molecular weight is 336 g/mol. The van der Waals surface area contributed by atoms with Crippen LogP contribution in [0.4, 0.5) is 4.79 Å². The summed E-state index contributed by atoms with van der Waals surface area (Å²) in [6, 6.07) is 5.62. The van der Waals surface area contributed by atoms with Crippen LogP contribution in [0, 0.1) is 6.92 Å². The molecule has 0 spiro atoms. The summed E-state index contributed by atoms with van der Waals surface area (Å²) in [5, 5.41) is 2.49. The molecule has 0 aromatic heterocycles. The van der Waals surface area contributed by atoms with Crippen LogP contribution in [-0.2, 0) is 29.5 Å². The summed E-state index contributed by atoms with van der Waals surface area (Å²) in [5.74, 6) is 0. The molecular weight excluding hydrogens is 318 g/mol. The van der Waals surface area contributed by atoms with E-state index in [0.717, 1.165) is 18.4 Å². The molecule has 0 heterocycles. The summed E-state index contributed by atoms with van der Waals surface area (Å²) < 4.78 is 25.6. The summed E-state index contributed by atoms with van der Waals surface area (Å²) in [5.41, 5.74) is 0.960. The third-order valence-corrected chi connectivity index (χ3v) is 3.72. The summed E-state index contributed by atoms with van der Waals surface area (Å²) in [6.45, 7) is 4.32. The van der Waals surface area contributed by atoms with Crippen molar-refractivity contribution < 1.29 is 32.7 Å². The molecule has 19 heavy (non-hydrogen) atoms. The fraction of sp³-hybridized carbons (Fsp3) is 0.417. The van der Waals surface area contributed by atoms with E-state index in [1.165, 1.54) is 12.1 Å². The van der Waals surface area contributed by atoms with Crippen molar-refractivity contribution >= 4 is 16.1 Å². The molecule has 1 aromatic rings. The van der Waals surface area contributed by atoms with Gasteiger partial charge in [-0.3, -0.25) is 0 Å². The maximum absolute atomic E-state index is 11.8. The number of hydrogen-bond donors (Lipinski definition) is 2. The number of benzene rings is 1. The van der Waals surface area contributed by atoms with Gasteiger partial charge in [0.25, 0.3) is 10.0 Å². The number of amides is 2. The zero-order valence-electron chi connectivity index (χ0n) is 11.3. The van der Waals surface area contributed by atoms with Gasteiger partial charge in [-0.1, -0.05) is 31.0 Å². The van der Waals surface area contributed by atoms with Crippen molar-refractivity contribution in [3.63, 3.8) is 0 Å². The number of urea groups is 1. The largest absolute Gasteiger partial charge is 2.00 e. The molecule has 1 aromatic carbocycles. The molecule has 0 fully saturated rings. The van der Waals surface area contributed by atoms with Gasteiger partial charge in [0.15, 0.2) is 0 Å². The van der Waals surface area contributed by atoms with Gasteiger partial charge in [-0.05, 0) is 25.5 Å². The second kappa shape index (κ2) is 8.28. The Bertz CT molecular complexity index is 500. The van der Waals surface area contributed by atoms with Crippen LogP contribution in [0.5, 0.6) is 0 Å². The van der Waals surface area contributed by atoms with Crippen molar-refractivity contribution in [2.75, 3.05) is 6.54 Å². The molecule has 1 rings (SSSR count). The smallest absolute Gasteiger partial charge is 0.337 e. The number of nitrogens with one attached hydrogen (secondary N) is 2. The molecule has 0 aliphatic rings. The van der Waals surface area contributed by atoms with Crippen molar-refractivity contribution in [2.45, 2.75) is 31.6 Å². The van der Waals surface area contributed by atoms with Crippen molar-refractivity contribution in [3.05, 3.63) is 29.8 Å². The Balaban J connectivity index is 0.00000324. The van der Waals surface area contributed by atoms with Crippen LogP contribution < -0.4 is 10.0 Å². The van der Waals surface area contributed by atoms with E-state index >= 15 is 0 Å². The number of carbonyl (C=O) groups excluding carboxylic acids is 1. The van der Waals surface area contributed by atoms with Crippen LogP contribution in [0.15, 0.2) is 29.2 Å². The Morgan fingerprint density at radius 1 is 1.21 bits per heavy atom. The van der Waals surface area contributed by atoms with Crippen LogP contribution >= 0.6 is 0 Å². The first-order valence-corrected chi connectivity index (χ1v) is 7.31. The first-order chi connectivity index (χ1) is 8.45. The third-order valence-electron chi connectivity index (χ3n) is 2.37. The van der Waals surface area contributed by atoms with Gasteiger partial charge in [0.2, 0.25) is 0 Å². The van der Waals surface area contributed by atoms with E-state index < -0.39 is 16.1 Å². The molecule has 2 N–H and O–H groups in total. The Hall–Kier alpha value is -0.937. The molecule has 0 saturated heterocycles. The Labute approximate surface area is 127 Å². The van der Waals surface area contributed by atoms with Crippen molar-refractivity contribution in [3.8, 4) is 0 Å². The van der Waals surface area contributed by atoms with E-state index in [4.69, 9.17) is 0 Å². The Kier molecular flexibility index (Phi) is 7.87. The van der Waals surface area contributed by atoms with Crippen LogP contribution in [0.2, 0.25) is 0 Å². The van der Waals surface area contributed by atoms with E-state index in [0.29, 0.717) is 6.54 Å². The standard InChI is InChI=1S/C12H18N2O3S.Zn/c1-3-4-9-13-12(15)14-18(16,17)11-7-5-10(2)6-8-11;/h5-8H,3-4,9H2,1-2H3,(H2,13,14,15);/q;+2. The van der Waals surface area contributed by atoms with E-state index in [9.17, 15) is 13.2 Å². The molecule has 0 saturated carbocycles. The molecule has 2 amide bonds. The molecule has 0 bridgehead atoms. The van der Waals surface area contributed by atoms with Gasteiger partial charge in [-0.25, -0.2) is 17.9 Å². The van der Waals surface area contributed by atoms with Crippen LogP contribution in [0.25, 0.3) is 0 Å². The van der Waals surface area contributed by atoms with Crippen LogP contribution in [-0.4, -0.2) is 21.0 Å². The van der Waals surface area contributed by atoms with Gasteiger partial charge in [0.1, 0.15) is 0 Å². The zero-order chi connectivity index (χ0) is 13.6. The molecule has 0 radical (unpaired) electrons. The predicted octanol–water partition coefficient (Wildman–Crippen LogP) is 1.78. The number of aryl methyl sites for hydroxylation is 1. The van der Waals surface area contributed by atoms with Gasteiger partial charge in [0.05, 0.1) is 4.90 Å².